The maximum Gasteiger partial charge on any atom is 0.416 e. The van der Waals surface area contributed by atoms with Crippen molar-refractivity contribution in [3.8, 4) is 0 Å². The summed E-state index contributed by atoms with van der Waals surface area (Å²) >= 11 is 0. The summed E-state index contributed by atoms with van der Waals surface area (Å²) in [5, 5.41) is 0. The standard InChI is InChI=1S/C31H35F6N3O2/c1-18-4-6-21(7-5-18)26-24-9-10-38(3)17-25(24)28(41)40-11-8-19(2)15-39(29(42)27(26)40)16-20-12-22(30(32,33)34)14-23(13-20)31(35,36)37/h4-7,12-14,19,24-27H,8-11,15-17H2,1-3H3/t19-,24?,25?,26?,27?/m1/s1. The highest BCUT2D eigenvalue weighted by Crippen LogP contribution is 2.46. The Balaban J connectivity index is 1.58. The maximum atomic E-state index is 14.5. The van der Waals surface area contributed by atoms with Gasteiger partial charge in [-0.3, -0.25) is 9.59 Å². The third-order valence-electron chi connectivity index (χ3n) is 9.05. The molecule has 3 aliphatic heterocycles. The Kier molecular flexibility index (Phi) is 8.10. The molecule has 3 aliphatic rings. The topological polar surface area (TPSA) is 43.9 Å². The van der Waals surface area contributed by atoms with E-state index in [0.29, 0.717) is 38.1 Å². The summed E-state index contributed by atoms with van der Waals surface area (Å²) in [6.45, 7) is 5.24. The molecule has 42 heavy (non-hydrogen) atoms. The lowest BCUT2D eigenvalue weighted by Crippen LogP contribution is -2.65. The fourth-order valence-electron chi connectivity index (χ4n) is 6.93. The number of carbonyl (C=O) groups excluding carboxylic acids is 2. The van der Waals surface area contributed by atoms with E-state index >= 15 is 0 Å². The van der Waals surface area contributed by atoms with Gasteiger partial charge < -0.3 is 14.7 Å². The van der Waals surface area contributed by atoms with Crippen LogP contribution in [0.2, 0.25) is 0 Å². The van der Waals surface area contributed by atoms with Gasteiger partial charge in [0.1, 0.15) is 6.04 Å². The zero-order chi connectivity index (χ0) is 30.6. The van der Waals surface area contributed by atoms with Crippen LogP contribution in [0.3, 0.4) is 0 Å². The number of hydrogen-bond acceptors (Lipinski definition) is 3. The molecule has 5 nitrogen and oxygen atoms in total. The van der Waals surface area contributed by atoms with Crippen molar-refractivity contribution >= 4 is 11.8 Å². The lowest BCUT2D eigenvalue weighted by molar-refractivity contribution is -0.162. The van der Waals surface area contributed by atoms with Crippen LogP contribution in [0.15, 0.2) is 42.5 Å². The summed E-state index contributed by atoms with van der Waals surface area (Å²) in [5.74, 6) is -1.45. The van der Waals surface area contributed by atoms with Crippen LogP contribution >= 0.6 is 0 Å². The number of aryl methyl sites for hydroxylation is 1. The molecule has 3 heterocycles. The monoisotopic (exact) mass is 595 g/mol. The first-order valence-electron chi connectivity index (χ1n) is 14.3. The molecule has 5 atom stereocenters. The molecule has 3 saturated heterocycles. The summed E-state index contributed by atoms with van der Waals surface area (Å²) in [7, 11) is 1.96. The molecule has 2 aromatic carbocycles. The van der Waals surface area contributed by atoms with Crippen molar-refractivity contribution in [1.29, 1.82) is 0 Å². The fraction of sp³-hybridized carbons (Fsp3) is 0.548. The van der Waals surface area contributed by atoms with Crippen LogP contribution in [-0.2, 0) is 28.5 Å². The molecule has 2 amide bonds. The molecule has 4 unspecified atom stereocenters. The molecule has 3 fully saturated rings. The molecule has 0 N–H and O–H groups in total. The van der Waals surface area contributed by atoms with Crippen molar-refractivity contribution in [1.82, 2.24) is 14.7 Å². The van der Waals surface area contributed by atoms with Crippen molar-refractivity contribution in [2.45, 2.75) is 57.5 Å². The number of fused-ring (bicyclic) bond motifs is 2. The van der Waals surface area contributed by atoms with Gasteiger partial charge in [0.05, 0.1) is 17.0 Å². The molecule has 0 aliphatic carbocycles. The van der Waals surface area contributed by atoms with E-state index in [-0.39, 0.29) is 47.8 Å². The summed E-state index contributed by atoms with van der Waals surface area (Å²) in [5.41, 5.74) is -1.15. The van der Waals surface area contributed by atoms with Crippen LogP contribution in [0.25, 0.3) is 0 Å². The van der Waals surface area contributed by atoms with Crippen molar-refractivity contribution in [3.63, 3.8) is 0 Å². The van der Waals surface area contributed by atoms with Gasteiger partial charge in [0.25, 0.3) is 0 Å². The second kappa shape index (κ2) is 11.2. The van der Waals surface area contributed by atoms with Gasteiger partial charge in [0.2, 0.25) is 11.8 Å². The zero-order valence-electron chi connectivity index (χ0n) is 23.8. The number of rotatable bonds is 3. The Hall–Kier alpha value is -3.08. The lowest BCUT2D eigenvalue weighted by Gasteiger charge is -2.53. The minimum atomic E-state index is -4.99. The van der Waals surface area contributed by atoms with E-state index in [4.69, 9.17) is 0 Å². The van der Waals surface area contributed by atoms with Gasteiger partial charge >= 0.3 is 12.4 Å². The smallest absolute Gasteiger partial charge is 0.336 e. The molecule has 11 heteroatoms. The molecule has 5 rings (SSSR count). The first-order chi connectivity index (χ1) is 19.6. The Labute approximate surface area is 241 Å². The highest BCUT2D eigenvalue weighted by Gasteiger charge is 2.54. The average molecular weight is 596 g/mol. The van der Waals surface area contributed by atoms with Gasteiger partial charge in [-0.2, -0.15) is 26.3 Å². The molecule has 0 aromatic heterocycles. The van der Waals surface area contributed by atoms with Gasteiger partial charge in [-0.1, -0.05) is 36.8 Å². The van der Waals surface area contributed by atoms with E-state index in [2.05, 4.69) is 4.90 Å². The predicted molar refractivity (Wildman–Crippen MR) is 144 cm³/mol. The quantitative estimate of drug-likeness (QED) is 0.412. The zero-order valence-corrected chi connectivity index (χ0v) is 23.8. The summed E-state index contributed by atoms with van der Waals surface area (Å²) in [6.07, 6.45) is -8.73. The average Bonchev–Trinajstić information content (AvgIpc) is 2.90. The van der Waals surface area contributed by atoms with Crippen molar-refractivity contribution in [2.75, 3.05) is 33.2 Å². The van der Waals surface area contributed by atoms with Gasteiger partial charge in [0.15, 0.2) is 0 Å². The van der Waals surface area contributed by atoms with E-state index in [1.807, 2.05) is 45.2 Å². The minimum absolute atomic E-state index is 0.0939. The largest absolute Gasteiger partial charge is 0.416 e. The molecule has 228 valence electrons. The molecule has 2 aromatic rings. The van der Waals surface area contributed by atoms with E-state index in [1.54, 1.807) is 4.90 Å². The normalized spacial score (nSPS) is 27.8. The Bertz CT molecular complexity index is 1290. The van der Waals surface area contributed by atoms with Crippen LogP contribution in [0.4, 0.5) is 26.3 Å². The number of likely N-dealkylation sites (tertiary alicyclic amines) is 1. The second-order valence-electron chi connectivity index (χ2n) is 12.3. The number of alkyl halides is 6. The maximum absolute atomic E-state index is 14.5. The Morgan fingerprint density at radius 2 is 1.45 bits per heavy atom. The molecular formula is C31H35F6N3O2. The third-order valence-corrected chi connectivity index (χ3v) is 9.05. The number of hydrogen-bond donors (Lipinski definition) is 0. The fourth-order valence-corrected chi connectivity index (χ4v) is 6.93. The van der Waals surface area contributed by atoms with Crippen molar-refractivity contribution in [2.24, 2.45) is 17.8 Å². The summed E-state index contributed by atoms with van der Waals surface area (Å²) in [6, 6.07) is 8.39. The van der Waals surface area contributed by atoms with Crippen LogP contribution in [-0.4, -0.2) is 65.8 Å². The van der Waals surface area contributed by atoms with Gasteiger partial charge in [-0.15, -0.1) is 0 Å². The summed E-state index contributed by atoms with van der Waals surface area (Å²) in [4.78, 5) is 33.5. The number of benzene rings is 2. The van der Waals surface area contributed by atoms with Crippen LogP contribution in [0.5, 0.6) is 0 Å². The van der Waals surface area contributed by atoms with E-state index in [9.17, 15) is 35.9 Å². The summed E-state index contributed by atoms with van der Waals surface area (Å²) < 4.78 is 81.6. The number of nitrogens with zero attached hydrogens (tertiary/aromatic N) is 3. The van der Waals surface area contributed by atoms with Gasteiger partial charge in [-0.25, -0.2) is 0 Å². The minimum Gasteiger partial charge on any atom is -0.336 e. The molecule has 0 spiro atoms. The molecule has 0 radical (unpaired) electrons. The third kappa shape index (κ3) is 6.02. The number of amides is 2. The van der Waals surface area contributed by atoms with Crippen LogP contribution in [0.1, 0.15) is 53.5 Å². The van der Waals surface area contributed by atoms with Crippen LogP contribution in [0, 0.1) is 24.7 Å². The highest BCUT2D eigenvalue weighted by atomic mass is 19.4. The van der Waals surface area contributed by atoms with E-state index in [0.717, 1.165) is 17.7 Å². The van der Waals surface area contributed by atoms with Crippen molar-refractivity contribution < 1.29 is 35.9 Å². The Morgan fingerprint density at radius 3 is 2.05 bits per heavy atom. The first-order valence-corrected chi connectivity index (χ1v) is 14.3. The second-order valence-corrected chi connectivity index (χ2v) is 12.3. The lowest BCUT2D eigenvalue weighted by atomic mass is 9.66. The first kappa shape index (κ1) is 30.4. The van der Waals surface area contributed by atoms with Crippen LogP contribution < -0.4 is 0 Å². The van der Waals surface area contributed by atoms with Gasteiger partial charge in [-0.05, 0) is 74.5 Å². The number of halogens is 6. The predicted octanol–water partition coefficient (Wildman–Crippen LogP) is 5.96. The number of carbonyl (C=O) groups is 2. The molecule has 0 bridgehead atoms. The van der Waals surface area contributed by atoms with E-state index < -0.39 is 42.0 Å². The van der Waals surface area contributed by atoms with Gasteiger partial charge in [0, 0.05) is 32.1 Å². The highest BCUT2D eigenvalue weighted by molar-refractivity contribution is 5.91. The SMILES string of the molecule is Cc1ccc(C2C3CCN(C)CC3C(=O)N3CC[C@@H](C)CN(Cc4cc(C(F)(F)F)cc(C(F)(F)F)c4)C(=O)C23)cc1. The number of piperidine rings is 2. The van der Waals surface area contributed by atoms with E-state index in [1.165, 1.54) is 4.90 Å². The Morgan fingerprint density at radius 1 is 0.833 bits per heavy atom. The molecule has 0 saturated carbocycles. The van der Waals surface area contributed by atoms with Crippen molar-refractivity contribution in [3.05, 3.63) is 70.3 Å². The molecular weight excluding hydrogens is 560 g/mol.